The maximum absolute atomic E-state index is 15.3. The third-order valence-corrected chi connectivity index (χ3v) is 5.87. The number of hydrogen-bond donors (Lipinski definition) is 4. The van der Waals surface area contributed by atoms with Crippen LogP contribution in [0.5, 0.6) is 0 Å². The molecule has 1 atom stereocenters. The van der Waals surface area contributed by atoms with Gasteiger partial charge in [0.15, 0.2) is 0 Å². The van der Waals surface area contributed by atoms with E-state index in [9.17, 15) is 27.2 Å². The molecule has 17 heteroatoms. The molecule has 3 rings (SSSR count). The summed E-state index contributed by atoms with van der Waals surface area (Å²) < 4.78 is 87.3. The molecule has 40 heavy (non-hydrogen) atoms. The Morgan fingerprint density at radius 2 is 1.90 bits per heavy atom. The van der Waals surface area contributed by atoms with Crippen LogP contribution in [0.3, 0.4) is 0 Å². The van der Waals surface area contributed by atoms with Gasteiger partial charge in [-0.25, -0.2) is 23.5 Å². The van der Waals surface area contributed by atoms with Crippen molar-refractivity contribution in [2.45, 2.75) is 19.0 Å². The van der Waals surface area contributed by atoms with E-state index in [2.05, 4.69) is 30.6 Å². The summed E-state index contributed by atoms with van der Waals surface area (Å²) in [6.07, 6.45) is -5.23. The number of nitrogen functional groups attached to an aromatic ring is 1. The molecule has 0 fully saturated rings. The number of aromatic amines is 1. The van der Waals surface area contributed by atoms with E-state index in [1.165, 1.54) is 6.92 Å². The lowest BCUT2D eigenvalue weighted by molar-refractivity contribution is -0.141. The first-order valence-corrected chi connectivity index (χ1v) is 11.9. The second-order valence-electron chi connectivity index (χ2n) is 8.03. The number of rotatable bonds is 11. The standard InChI is InChI=1S/C23H24ClF5N6O5/c1-3-40-20(37)16-13(9-39-7-6-31-22-33-21(30)34-35-22)32-12(8-25)15(19(36)38-2)17(16)14-11(26)5-4-10(24)18(14)23(27,28)29/h4-5,17,32H,3,6-9H2,1-2H3,(H4,30,31,33,34,35). The van der Waals surface area contributed by atoms with E-state index in [4.69, 9.17) is 26.8 Å². The summed E-state index contributed by atoms with van der Waals surface area (Å²) >= 11 is 5.84. The quantitative estimate of drug-likeness (QED) is 0.173. The third-order valence-electron chi connectivity index (χ3n) is 5.56. The highest BCUT2D eigenvalue weighted by molar-refractivity contribution is 6.31. The van der Waals surface area contributed by atoms with E-state index in [1.807, 2.05) is 0 Å². The van der Waals surface area contributed by atoms with E-state index in [0.717, 1.165) is 7.11 Å². The summed E-state index contributed by atoms with van der Waals surface area (Å²) in [5.41, 5.74) is 0.367. The van der Waals surface area contributed by atoms with Crippen molar-refractivity contribution in [1.82, 2.24) is 20.5 Å². The van der Waals surface area contributed by atoms with Gasteiger partial charge in [-0.1, -0.05) is 11.6 Å². The molecule has 1 aromatic heterocycles. The molecule has 1 aliphatic rings. The molecule has 1 unspecified atom stereocenters. The number of dihydropyridines is 1. The minimum Gasteiger partial charge on any atom is -0.466 e. The fourth-order valence-corrected chi connectivity index (χ4v) is 4.29. The number of methoxy groups -OCH3 is 1. The van der Waals surface area contributed by atoms with Gasteiger partial charge in [0.25, 0.3) is 0 Å². The number of nitrogens with one attached hydrogen (secondary N) is 3. The minimum atomic E-state index is -5.23. The van der Waals surface area contributed by atoms with Crippen LogP contribution in [0.4, 0.5) is 33.8 Å². The van der Waals surface area contributed by atoms with Crippen molar-refractivity contribution in [3.63, 3.8) is 0 Å². The number of anilines is 2. The first-order chi connectivity index (χ1) is 18.9. The molecule has 0 radical (unpaired) electrons. The van der Waals surface area contributed by atoms with Gasteiger partial charge in [0.1, 0.15) is 12.5 Å². The van der Waals surface area contributed by atoms with Crippen molar-refractivity contribution in [1.29, 1.82) is 0 Å². The topological polar surface area (TPSA) is 153 Å². The highest BCUT2D eigenvalue weighted by Gasteiger charge is 2.47. The minimum absolute atomic E-state index is 0.0588. The molecule has 0 aliphatic carbocycles. The van der Waals surface area contributed by atoms with Crippen molar-refractivity contribution in [2.75, 3.05) is 51.2 Å². The smallest absolute Gasteiger partial charge is 0.418 e. The Labute approximate surface area is 228 Å². The summed E-state index contributed by atoms with van der Waals surface area (Å²) in [7, 11) is 0.891. The number of allylic oxidation sites excluding steroid dienone is 1. The summed E-state index contributed by atoms with van der Waals surface area (Å²) in [6, 6.07) is 1.31. The summed E-state index contributed by atoms with van der Waals surface area (Å²) in [5.74, 6) is -5.88. The number of carbonyl (C=O) groups is 2. The Balaban J connectivity index is 2.14. The van der Waals surface area contributed by atoms with Crippen LogP contribution in [0.25, 0.3) is 0 Å². The zero-order chi connectivity index (χ0) is 29.6. The van der Waals surface area contributed by atoms with Crippen LogP contribution < -0.4 is 16.4 Å². The van der Waals surface area contributed by atoms with Crippen LogP contribution in [0.15, 0.2) is 34.7 Å². The number of ether oxygens (including phenoxy) is 3. The van der Waals surface area contributed by atoms with Crippen molar-refractivity contribution < 1.29 is 45.8 Å². The average molecular weight is 595 g/mol. The molecule has 0 saturated heterocycles. The van der Waals surface area contributed by atoms with Crippen LogP contribution in [-0.2, 0) is 30.0 Å². The first-order valence-electron chi connectivity index (χ1n) is 11.5. The van der Waals surface area contributed by atoms with Gasteiger partial charge >= 0.3 is 18.1 Å². The van der Waals surface area contributed by atoms with Crippen LogP contribution in [0.2, 0.25) is 5.02 Å². The van der Waals surface area contributed by atoms with Crippen LogP contribution in [-0.4, -0.2) is 67.3 Å². The molecule has 2 aromatic rings. The molecule has 218 valence electrons. The number of alkyl halides is 4. The van der Waals surface area contributed by atoms with Crippen molar-refractivity contribution in [3.8, 4) is 0 Å². The predicted octanol–water partition coefficient (Wildman–Crippen LogP) is 3.23. The molecular formula is C23H24ClF5N6O5. The van der Waals surface area contributed by atoms with Gasteiger partial charge in [-0.15, -0.1) is 5.10 Å². The molecule has 2 heterocycles. The van der Waals surface area contributed by atoms with Crippen molar-refractivity contribution >= 4 is 35.4 Å². The fraction of sp³-hybridized carbons (Fsp3) is 0.391. The van der Waals surface area contributed by atoms with E-state index in [1.54, 1.807) is 0 Å². The lowest BCUT2D eigenvalue weighted by Crippen LogP contribution is -2.37. The molecule has 1 aromatic carbocycles. The van der Waals surface area contributed by atoms with Gasteiger partial charge in [0.2, 0.25) is 11.9 Å². The third kappa shape index (κ3) is 6.62. The van der Waals surface area contributed by atoms with Gasteiger partial charge in [0.05, 0.1) is 66.0 Å². The zero-order valence-corrected chi connectivity index (χ0v) is 21.8. The molecule has 0 spiro atoms. The van der Waals surface area contributed by atoms with Crippen LogP contribution >= 0.6 is 11.6 Å². The number of benzene rings is 1. The van der Waals surface area contributed by atoms with Crippen LogP contribution in [0.1, 0.15) is 24.0 Å². The normalized spacial score (nSPS) is 15.7. The Morgan fingerprint density at radius 3 is 2.48 bits per heavy atom. The molecule has 5 N–H and O–H groups in total. The van der Waals surface area contributed by atoms with Gasteiger partial charge in [-0.05, 0) is 19.1 Å². The molecule has 11 nitrogen and oxygen atoms in total. The van der Waals surface area contributed by atoms with E-state index in [-0.39, 0.29) is 37.4 Å². The second-order valence-corrected chi connectivity index (χ2v) is 8.43. The Hall–Kier alpha value is -3.92. The highest BCUT2D eigenvalue weighted by atomic mass is 35.5. The van der Waals surface area contributed by atoms with E-state index < -0.39 is 76.1 Å². The number of aromatic nitrogens is 3. The molecule has 1 aliphatic heterocycles. The number of nitrogens with two attached hydrogens (primary N) is 1. The van der Waals surface area contributed by atoms with E-state index in [0.29, 0.717) is 12.1 Å². The summed E-state index contributed by atoms with van der Waals surface area (Å²) in [6.45, 7) is -0.694. The molecule has 0 saturated carbocycles. The average Bonchev–Trinajstić information content (AvgIpc) is 3.32. The Morgan fingerprint density at radius 1 is 1.20 bits per heavy atom. The number of H-pyrrole nitrogens is 1. The van der Waals surface area contributed by atoms with E-state index >= 15 is 4.39 Å². The number of nitrogens with zero attached hydrogens (tertiary/aromatic N) is 2. The number of hydrogen-bond acceptors (Lipinski definition) is 10. The predicted molar refractivity (Wildman–Crippen MR) is 131 cm³/mol. The van der Waals surface area contributed by atoms with Gasteiger partial charge in [0, 0.05) is 12.1 Å². The van der Waals surface area contributed by atoms with Crippen molar-refractivity contribution in [2.24, 2.45) is 0 Å². The maximum Gasteiger partial charge on any atom is 0.418 e. The van der Waals surface area contributed by atoms with Gasteiger partial charge < -0.3 is 30.6 Å². The molecular weight excluding hydrogens is 571 g/mol. The largest absolute Gasteiger partial charge is 0.466 e. The highest BCUT2D eigenvalue weighted by Crippen LogP contribution is 2.48. The SMILES string of the molecule is CCOC(=O)C1=C(COCCNc2n[nH]c(N)n2)NC(CF)=C(C(=O)OC)C1c1c(F)ccc(Cl)c1C(F)(F)F. The number of halogens is 6. The van der Waals surface area contributed by atoms with Crippen molar-refractivity contribution in [3.05, 3.63) is 56.6 Å². The Kier molecular flexibility index (Phi) is 9.92. The zero-order valence-electron chi connectivity index (χ0n) is 21.0. The lowest BCUT2D eigenvalue weighted by Gasteiger charge is -2.33. The van der Waals surface area contributed by atoms with Crippen LogP contribution in [0, 0.1) is 5.82 Å². The molecule has 0 bridgehead atoms. The Bertz CT molecular complexity index is 1330. The molecule has 0 amide bonds. The number of esters is 2. The summed E-state index contributed by atoms with van der Waals surface area (Å²) in [4.78, 5) is 29.8. The monoisotopic (exact) mass is 594 g/mol. The fourth-order valence-electron chi connectivity index (χ4n) is 4.02. The first kappa shape index (κ1) is 30.6. The number of carbonyl (C=O) groups excluding carboxylic acids is 2. The summed E-state index contributed by atoms with van der Waals surface area (Å²) in [5, 5.41) is 10.6. The maximum atomic E-state index is 15.3. The lowest BCUT2D eigenvalue weighted by atomic mass is 9.78. The van der Waals surface area contributed by atoms with Gasteiger partial charge in [-0.3, -0.25) is 0 Å². The second kappa shape index (κ2) is 13.0. The van der Waals surface area contributed by atoms with Gasteiger partial charge in [-0.2, -0.15) is 18.2 Å².